The van der Waals surface area contributed by atoms with E-state index in [4.69, 9.17) is 23.0 Å². The van der Waals surface area contributed by atoms with Crippen LogP contribution in [0.2, 0.25) is 0 Å². The molecule has 0 radical (unpaired) electrons. The monoisotopic (exact) mass is 381 g/mol. The maximum atomic E-state index is 10.6. The molecule has 1 aliphatic rings. The average molecular weight is 382 g/mol. The number of hydrogen-bond donors (Lipinski definition) is 2. The number of aromatic nitrogens is 2. The van der Waals surface area contributed by atoms with E-state index in [-0.39, 0.29) is 18.4 Å². The maximum Gasteiger partial charge on any atom is 0.238 e. The number of nitrogens with two attached hydrogens (primary N) is 1. The fourth-order valence-corrected chi connectivity index (χ4v) is 3.25. The number of rotatable bonds is 8. The van der Waals surface area contributed by atoms with Crippen molar-refractivity contribution < 1.29 is 22.4 Å². The molecule has 1 aromatic rings. The molecule has 1 fully saturated rings. The molecule has 0 bridgehead atoms. The van der Waals surface area contributed by atoms with Crippen molar-refractivity contribution in [2.45, 2.75) is 24.4 Å². The highest BCUT2D eigenvalue weighted by molar-refractivity contribution is 7.94. The van der Waals surface area contributed by atoms with Crippen molar-refractivity contribution in [1.82, 2.24) is 9.97 Å². The van der Waals surface area contributed by atoms with E-state index in [0.29, 0.717) is 5.56 Å². The van der Waals surface area contributed by atoms with Gasteiger partial charge in [0.1, 0.15) is 24.4 Å². The Kier molecular flexibility index (Phi) is 7.53. The van der Waals surface area contributed by atoms with Gasteiger partial charge in [0.2, 0.25) is 11.8 Å². The Morgan fingerprint density at radius 3 is 2.74 bits per heavy atom. The molecule has 2 heterocycles. The zero-order chi connectivity index (χ0) is 16.8. The first-order valence-corrected chi connectivity index (χ1v) is 10.1. The Hall–Kier alpha value is -0.430. The van der Waals surface area contributed by atoms with E-state index in [0.717, 1.165) is 12.0 Å². The Bertz CT molecular complexity index is 513. The third kappa shape index (κ3) is 4.56. The topological polar surface area (TPSA) is 109 Å². The molecular weight excluding hydrogens is 362 g/mol. The average Bonchev–Trinajstić information content (AvgIpc) is 2.83. The molecule has 0 spiro atoms. The predicted molar refractivity (Wildman–Crippen MR) is 92.1 cm³/mol. The minimum Gasteiger partial charge on any atom is -0.405 e. The molecule has 0 aromatic carbocycles. The smallest absolute Gasteiger partial charge is 0.238 e. The van der Waals surface area contributed by atoms with Crippen molar-refractivity contribution >= 4 is 42.1 Å². The quantitative estimate of drug-likeness (QED) is 0.639. The molecule has 23 heavy (non-hydrogen) atoms. The van der Waals surface area contributed by atoms with E-state index < -0.39 is 24.4 Å². The first kappa shape index (κ1) is 18.9. The van der Waals surface area contributed by atoms with Gasteiger partial charge in [-0.15, -0.1) is 0 Å². The molecule has 130 valence electrons. The van der Waals surface area contributed by atoms with Crippen molar-refractivity contribution in [3.8, 4) is 5.88 Å². The van der Waals surface area contributed by atoms with Crippen LogP contribution in [-0.4, -0.2) is 58.8 Å². The molecule has 3 N–H and O–H groups in total. The van der Waals surface area contributed by atoms with Gasteiger partial charge >= 0.3 is 0 Å². The Balaban J connectivity index is 2.25. The highest BCUT2D eigenvalue weighted by atomic mass is 32.2. The molecule has 1 aromatic heterocycles. The fourth-order valence-electron chi connectivity index (χ4n) is 2.22. The summed E-state index contributed by atoms with van der Waals surface area (Å²) in [4.78, 5) is 8.02. The van der Waals surface area contributed by atoms with Crippen molar-refractivity contribution in [1.29, 1.82) is 0 Å². The second-order valence-corrected chi connectivity index (χ2v) is 6.10. The van der Waals surface area contributed by atoms with Crippen LogP contribution in [0, 0.1) is 0 Å². The molecule has 4 atom stereocenters. The van der Waals surface area contributed by atoms with E-state index in [1.165, 1.54) is 30.3 Å². The van der Waals surface area contributed by atoms with Gasteiger partial charge < -0.3 is 28.1 Å². The van der Waals surface area contributed by atoms with E-state index in [9.17, 15) is 5.11 Å². The summed E-state index contributed by atoms with van der Waals surface area (Å²) in [6.45, 7) is 0.286. The number of anilines is 1. The molecule has 1 aliphatic heterocycles. The highest BCUT2D eigenvalue weighted by Crippen LogP contribution is 2.40. The molecule has 11 heteroatoms. The summed E-state index contributed by atoms with van der Waals surface area (Å²) in [5.74, 6) is 0.354. The number of aliphatic hydroxyl groups excluding tert-OH is 1. The van der Waals surface area contributed by atoms with Gasteiger partial charge in [0, 0.05) is 25.0 Å². The van der Waals surface area contributed by atoms with Crippen LogP contribution in [0.1, 0.15) is 11.7 Å². The Morgan fingerprint density at radius 1 is 1.30 bits per heavy atom. The van der Waals surface area contributed by atoms with Crippen LogP contribution in [-0.2, 0) is 13.1 Å². The van der Waals surface area contributed by atoms with Crippen LogP contribution >= 0.6 is 36.1 Å². The van der Waals surface area contributed by atoms with Crippen LogP contribution in [0.4, 0.5) is 5.95 Å². The van der Waals surface area contributed by atoms with Gasteiger partial charge in [-0.3, -0.25) is 0 Å². The molecular formula is C12H19N3O5S3. The minimum absolute atomic E-state index is 0.0875. The van der Waals surface area contributed by atoms with Gasteiger partial charge in [-0.25, -0.2) is 4.98 Å². The van der Waals surface area contributed by atoms with E-state index in [1.54, 1.807) is 12.5 Å². The molecule has 0 amide bonds. The summed E-state index contributed by atoms with van der Waals surface area (Å²) < 4.78 is 22.2. The van der Waals surface area contributed by atoms with Crippen molar-refractivity contribution in [3.63, 3.8) is 0 Å². The van der Waals surface area contributed by atoms with Gasteiger partial charge in [0.25, 0.3) is 0 Å². The third-order valence-corrected chi connectivity index (χ3v) is 4.27. The maximum absolute atomic E-state index is 10.6. The summed E-state index contributed by atoms with van der Waals surface area (Å²) in [6.07, 6.45) is 4.28. The lowest BCUT2D eigenvalue weighted by molar-refractivity contribution is -0.00896. The molecule has 0 saturated carbocycles. The normalized spacial score (nSPS) is 27.3. The molecule has 4 unspecified atom stereocenters. The van der Waals surface area contributed by atoms with Gasteiger partial charge in [0.05, 0.1) is 24.2 Å². The van der Waals surface area contributed by atoms with E-state index in [1.807, 2.05) is 6.26 Å². The lowest BCUT2D eigenvalue weighted by Gasteiger charge is -2.18. The lowest BCUT2D eigenvalue weighted by Crippen LogP contribution is -2.34. The van der Waals surface area contributed by atoms with Gasteiger partial charge in [-0.2, -0.15) is 4.98 Å². The van der Waals surface area contributed by atoms with Crippen molar-refractivity contribution in [2.24, 2.45) is 0 Å². The van der Waals surface area contributed by atoms with Crippen LogP contribution in [0.25, 0.3) is 0 Å². The van der Waals surface area contributed by atoms with Crippen LogP contribution in [0.15, 0.2) is 6.20 Å². The molecule has 8 nitrogen and oxygen atoms in total. The van der Waals surface area contributed by atoms with E-state index >= 15 is 0 Å². The zero-order valence-electron chi connectivity index (χ0n) is 12.9. The van der Waals surface area contributed by atoms with Crippen LogP contribution in [0.5, 0.6) is 5.88 Å². The number of ether oxygens (including phenoxy) is 1. The van der Waals surface area contributed by atoms with Crippen molar-refractivity contribution in [2.75, 3.05) is 31.1 Å². The van der Waals surface area contributed by atoms with Gasteiger partial charge in [0.15, 0.2) is 0 Å². The molecule has 2 rings (SSSR count). The van der Waals surface area contributed by atoms with Gasteiger partial charge in [-0.05, 0) is 24.1 Å². The SMILES string of the molecule is CSOCC1OC(c2cnc(N)nc2OSC)C(O)C1OSC. The zero-order valence-corrected chi connectivity index (χ0v) is 15.3. The first-order chi connectivity index (χ1) is 11.1. The number of nitrogens with zero attached hydrogens (tertiary/aromatic N) is 2. The summed E-state index contributed by atoms with van der Waals surface area (Å²) in [7, 11) is 0. The first-order valence-electron chi connectivity index (χ1n) is 6.64. The van der Waals surface area contributed by atoms with E-state index in [2.05, 4.69) is 9.97 Å². The summed E-state index contributed by atoms with van der Waals surface area (Å²) in [5.41, 5.74) is 6.11. The molecule has 1 saturated heterocycles. The third-order valence-electron chi connectivity index (χ3n) is 3.16. The highest BCUT2D eigenvalue weighted by Gasteiger charge is 2.47. The number of nitrogen functional groups attached to an aromatic ring is 1. The lowest BCUT2D eigenvalue weighted by atomic mass is 10.0. The van der Waals surface area contributed by atoms with Gasteiger partial charge in [-0.1, -0.05) is 0 Å². The largest absolute Gasteiger partial charge is 0.405 e. The second-order valence-electron chi connectivity index (χ2n) is 4.50. The summed E-state index contributed by atoms with van der Waals surface area (Å²) >= 11 is 3.51. The van der Waals surface area contributed by atoms with Crippen LogP contribution in [0.3, 0.4) is 0 Å². The predicted octanol–water partition coefficient (Wildman–Crippen LogP) is 1.47. The van der Waals surface area contributed by atoms with Crippen LogP contribution < -0.4 is 9.92 Å². The Labute approximate surface area is 147 Å². The minimum atomic E-state index is -0.908. The Morgan fingerprint density at radius 2 is 2.09 bits per heavy atom. The fraction of sp³-hybridized carbons (Fsp3) is 0.667. The second kappa shape index (κ2) is 9.16. The summed E-state index contributed by atoms with van der Waals surface area (Å²) in [6, 6.07) is 0. The number of aliphatic hydroxyl groups is 1. The molecule has 0 aliphatic carbocycles. The number of hydrogen-bond acceptors (Lipinski definition) is 11. The summed E-state index contributed by atoms with van der Waals surface area (Å²) in [5, 5.41) is 10.6. The van der Waals surface area contributed by atoms with Crippen molar-refractivity contribution in [3.05, 3.63) is 11.8 Å². The standard InChI is InChI=1S/C12H19N3O5S3/c1-21-17-5-7-10(19-22-2)8(16)9(18-7)6-4-14-12(13)15-11(6)20-23-3/h4,7-10,16H,5H2,1-3H3,(H2,13,14,15).